The lowest BCUT2D eigenvalue weighted by Gasteiger charge is -2.23. The number of benzene rings is 1. The van der Waals surface area contributed by atoms with Crippen LogP contribution >= 0.6 is 0 Å². The zero-order valence-electron chi connectivity index (χ0n) is 10.9. The van der Waals surface area contributed by atoms with Crippen LogP contribution in [-0.4, -0.2) is 11.5 Å². The molecule has 0 bridgehead atoms. The van der Waals surface area contributed by atoms with E-state index in [9.17, 15) is 0 Å². The van der Waals surface area contributed by atoms with Gasteiger partial charge in [0.1, 0.15) is 0 Å². The molecule has 0 radical (unpaired) electrons. The van der Waals surface area contributed by atoms with Crippen molar-refractivity contribution >= 4 is 11.4 Å². The molecule has 0 aliphatic rings. The van der Waals surface area contributed by atoms with E-state index < -0.39 is 0 Å². The molecule has 2 N–H and O–H groups in total. The molecule has 0 saturated carbocycles. The lowest BCUT2D eigenvalue weighted by Crippen LogP contribution is -2.16. The van der Waals surface area contributed by atoms with Crippen LogP contribution in [0.5, 0.6) is 0 Å². The van der Waals surface area contributed by atoms with Crippen LogP contribution in [0.25, 0.3) is 0 Å². The van der Waals surface area contributed by atoms with Crippen LogP contribution in [0.2, 0.25) is 0 Å². The van der Waals surface area contributed by atoms with Crippen molar-refractivity contribution < 1.29 is 0 Å². The van der Waals surface area contributed by atoms with Gasteiger partial charge in [0, 0.05) is 18.8 Å². The molecule has 1 aromatic heterocycles. The number of rotatable bonds is 4. The summed E-state index contributed by atoms with van der Waals surface area (Å²) in [5.41, 5.74) is 10.0. The molecule has 0 amide bonds. The van der Waals surface area contributed by atoms with E-state index in [1.54, 1.807) is 0 Å². The van der Waals surface area contributed by atoms with E-state index in [1.165, 1.54) is 11.3 Å². The lowest BCUT2D eigenvalue weighted by atomic mass is 10.2. The first-order valence-corrected chi connectivity index (χ1v) is 6.23. The van der Waals surface area contributed by atoms with E-state index in [-0.39, 0.29) is 0 Å². The Labute approximate surface area is 108 Å². The van der Waals surface area contributed by atoms with Gasteiger partial charge in [-0.3, -0.25) is 4.98 Å². The standard InChI is InChI=1S/C15H19N3/c1-3-18(14-6-4-5-12(2)9-14)15-8-7-13(10-16)17-11-15/h4-9,11H,3,10,16H2,1-2H3. The quantitative estimate of drug-likeness (QED) is 0.894. The monoisotopic (exact) mass is 241 g/mol. The third kappa shape index (κ3) is 2.68. The topological polar surface area (TPSA) is 42.1 Å². The molecule has 94 valence electrons. The molecular formula is C15H19N3. The SMILES string of the molecule is CCN(c1ccc(CN)nc1)c1cccc(C)c1. The fraction of sp³-hybridized carbons (Fsp3) is 0.267. The zero-order chi connectivity index (χ0) is 13.0. The molecule has 18 heavy (non-hydrogen) atoms. The Balaban J connectivity index is 2.32. The van der Waals surface area contributed by atoms with Gasteiger partial charge in [-0.2, -0.15) is 0 Å². The summed E-state index contributed by atoms with van der Waals surface area (Å²) in [4.78, 5) is 6.58. The van der Waals surface area contributed by atoms with Crippen molar-refractivity contribution in [1.29, 1.82) is 0 Å². The van der Waals surface area contributed by atoms with Gasteiger partial charge in [-0.15, -0.1) is 0 Å². The molecule has 2 aromatic rings. The van der Waals surface area contributed by atoms with Crippen LogP contribution < -0.4 is 10.6 Å². The van der Waals surface area contributed by atoms with Crippen molar-refractivity contribution in [3.05, 3.63) is 53.9 Å². The number of pyridine rings is 1. The van der Waals surface area contributed by atoms with Gasteiger partial charge in [0.2, 0.25) is 0 Å². The summed E-state index contributed by atoms with van der Waals surface area (Å²) < 4.78 is 0. The Morgan fingerprint density at radius 2 is 2.00 bits per heavy atom. The second-order valence-corrected chi connectivity index (χ2v) is 4.30. The third-order valence-electron chi connectivity index (χ3n) is 2.96. The van der Waals surface area contributed by atoms with E-state index in [1.807, 2.05) is 12.3 Å². The number of hydrogen-bond acceptors (Lipinski definition) is 3. The summed E-state index contributed by atoms with van der Waals surface area (Å²) in [7, 11) is 0. The summed E-state index contributed by atoms with van der Waals surface area (Å²) in [5.74, 6) is 0. The Kier molecular flexibility index (Phi) is 3.95. The molecule has 0 fully saturated rings. The zero-order valence-corrected chi connectivity index (χ0v) is 10.9. The maximum atomic E-state index is 5.56. The number of aryl methyl sites for hydroxylation is 1. The van der Waals surface area contributed by atoms with Crippen molar-refractivity contribution in [1.82, 2.24) is 4.98 Å². The normalized spacial score (nSPS) is 10.4. The molecule has 0 atom stereocenters. The molecule has 1 aromatic carbocycles. The number of hydrogen-bond donors (Lipinski definition) is 1. The minimum absolute atomic E-state index is 0.483. The van der Waals surface area contributed by atoms with Crippen molar-refractivity contribution in [2.45, 2.75) is 20.4 Å². The second-order valence-electron chi connectivity index (χ2n) is 4.30. The molecule has 0 spiro atoms. The van der Waals surface area contributed by atoms with Gasteiger partial charge in [0.05, 0.1) is 17.6 Å². The fourth-order valence-electron chi connectivity index (χ4n) is 2.01. The van der Waals surface area contributed by atoms with Gasteiger partial charge < -0.3 is 10.6 Å². The summed E-state index contributed by atoms with van der Waals surface area (Å²) >= 11 is 0. The first-order chi connectivity index (χ1) is 8.74. The highest BCUT2D eigenvalue weighted by Crippen LogP contribution is 2.25. The molecule has 3 nitrogen and oxygen atoms in total. The molecule has 0 aliphatic heterocycles. The Bertz CT molecular complexity index is 505. The van der Waals surface area contributed by atoms with Gasteiger partial charge in [-0.05, 0) is 43.7 Å². The van der Waals surface area contributed by atoms with E-state index in [0.29, 0.717) is 6.54 Å². The van der Waals surface area contributed by atoms with Crippen molar-refractivity contribution in [2.24, 2.45) is 5.73 Å². The molecule has 0 aliphatic carbocycles. The van der Waals surface area contributed by atoms with Gasteiger partial charge in [-0.25, -0.2) is 0 Å². The van der Waals surface area contributed by atoms with E-state index in [0.717, 1.165) is 17.9 Å². The van der Waals surface area contributed by atoms with Crippen molar-refractivity contribution in [3.8, 4) is 0 Å². The number of nitrogens with two attached hydrogens (primary N) is 1. The van der Waals surface area contributed by atoms with Crippen LogP contribution in [0.15, 0.2) is 42.6 Å². The maximum Gasteiger partial charge on any atom is 0.0597 e. The number of aromatic nitrogens is 1. The van der Waals surface area contributed by atoms with Crippen LogP contribution in [0.4, 0.5) is 11.4 Å². The van der Waals surface area contributed by atoms with E-state index in [4.69, 9.17) is 5.73 Å². The van der Waals surface area contributed by atoms with Crippen LogP contribution in [0.1, 0.15) is 18.2 Å². The maximum absolute atomic E-state index is 5.56. The molecule has 2 rings (SSSR count). The van der Waals surface area contributed by atoms with E-state index >= 15 is 0 Å². The Hall–Kier alpha value is -1.87. The predicted octanol–water partition coefficient (Wildman–Crippen LogP) is 3.01. The Morgan fingerprint density at radius 1 is 1.17 bits per heavy atom. The van der Waals surface area contributed by atoms with Crippen LogP contribution in [0.3, 0.4) is 0 Å². The first-order valence-electron chi connectivity index (χ1n) is 6.23. The molecule has 3 heteroatoms. The molecular weight excluding hydrogens is 222 g/mol. The smallest absolute Gasteiger partial charge is 0.0597 e. The number of nitrogens with zero attached hydrogens (tertiary/aromatic N) is 2. The average molecular weight is 241 g/mol. The fourth-order valence-corrected chi connectivity index (χ4v) is 2.01. The molecule has 0 unspecified atom stereocenters. The summed E-state index contributed by atoms with van der Waals surface area (Å²) in [6.07, 6.45) is 1.88. The molecule has 0 saturated heterocycles. The van der Waals surface area contributed by atoms with Gasteiger partial charge in [-0.1, -0.05) is 12.1 Å². The van der Waals surface area contributed by atoms with Crippen LogP contribution in [0, 0.1) is 6.92 Å². The second kappa shape index (κ2) is 5.65. The minimum Gasteiger partial charge on any atom is -0.341 e. The highest BCUT2D eigenvalue weighted by molar-refractivity contribution is 5.62. The van der Waals surface area contributed by atoms with Gasteiger partial charge in [0.15, 0.2) is 0 Å². The third-order valence-corrected chi connectivity index (χ3v) is 2.96. The van der Waals surface area contributed by atoms with Crippen molar-refractivity contribution in [2.75, 3.05) is 11.4 Å². The van der Waals surface area contributed by atoms with Gasteiger partial charge in [0.25, 0.3) is 0 Å². The van der Waals surface area contributed by atoms with Crippen molar-refractivity contribution in [3.63, 3.8) is 0 Å². The van der Waals surface area contributed by atoms with Crippen LogP contribution in [-0.2, 0) is 6.54 Å². The largest absolute Gasteiger partial charge is 0.341 e. The highest BCUT2D eigenvalue weighted by atomic mass is 15.1. The number of anilines is 2. The average Bonchev–Trinajstić information content (AvgIpc) is 2.40. The summed E-state index contributed by atoms with van der Waals surface area (Å²) in [5, 5.41) is 0. The summed E-state index contributed by atoms with van der Waals surface area (Å²) in [6.45, 7) is 5.64. The predicted molar refractivity (Wildman–Crippen MR) is 76.0 cm³/mol. The summed E-state index contributed by atoms with van der Waals surface area (Å²) in [6, 6.07) is 12.5. The Morgan fingerprint density at radius 3 is 2.56 bits per heavy atom. The van der Waals surface area contributed by atoms with Gasteiger partial charge >= 0.3 is 0 Å². The first kappa shape index (κ1) is 12.6. The van der Waals surface area contributed by atoms with E-state index in [2.05, 4.69) is 54.1 Å². The molecule has 1 heterocycles. The highest BCUT2D eigenvalue weighted by Gasteiger charge is 2.07. The lowest BCUT2D eigenvalue weighted by molar-refractivity contribution is 0.968. The minimum atomic E-state index is 0.483.